The molecule has 25 heavy (non-hydrogen) atoms. The Hall–Kier alpha value is -1.30. The Bertz CT molecular complexity index is 566. The predicted octanol–water partition coefficient (Wildman–Crippen LogP) is 3.54. The fraction of sp³-hybridized carbons (Fsp3) is 0.632. The van der Waals surface area contributed by atoms with Crippen LogP contribution in [0.25, 0.3) is 0 Å². The van der Waals surface area contributed by atoms with E-state index in [2.05, 4.69) is 23.2 Å². The third-order valence-corrected chi connectivity index (χ3v) is 4.60. The monoisotopic (exact) mass is 367 g/mol. The third-order valence-electron chi connectivity index (χ3n) is 4.26. The van der Waals surface area contributed by atoms with Gasteiger partial charge in [0.1, 0.15) is 5.60 Å². The van der Waals surface area contributed by atoms with Gasteiger partial charge in [0.15, 0.2) is 0 Å². The number of likely N-dealkylation sites (N-methyl/N-ethyl adjacent to an activating group) is 1. The molecule has 0 radical (unpaired) electrons. The van der Waals surface area contributed by atoms with Crippen LogP contribution in [0.3, 0.4) is 0 Å². The van der Waals surface area contributed by atoms with E-state index < -0.39 is 5.60 Å². The maximum absolute atomic E-state index is 12.2. The van der Waals surface area contributed by atoms with Gasteiger partial charge < -0.3 is 15.0 Å². The number of piperazine rings is 1. The van der Waals surface area contributed by atoms with Crippen LogP contribution in [0.4, 0.5) is 4.79 Å². The second-order valence-electron chi connectivity index (χ2n) is 7.35. The van der Waals surface area contributed by atoms with Gasteiger partial charge in [0.05, 0.1) is 0 Å². The second-order valence-corrected chi connectivity index (χ2v) is 7.76. The van der Waals surface area contributed by atoms with Crippen molar-refractivity contribution in [2.24, 2.45) is 0 Å². The summed E-state index contributed by atoms with van der Waals surface area (Å²) in [6.07, 6.45) is -0.229. The summed E-state index contributed by atoms with van der Waals surface area (Å²) >= 11 is 6.43. The number of amides is 1. The first-order valence-electron chi connectivity index (χ1n) is 8.99. The molecule has 1 atom stereocenters. The van der Waals surface area contributed by atoms with Gasteiger partial charge in [-0.3, -0.25) is 4.90 Å². The molecule has 1 aromatic carbocycles. The van der Waals surface area contributed by atoms with Crippen molar-refractivity contribution >= 4 is 17.7 Å². The first-order valence-corrected chi connectivity index (χ1v) is 9.36. The molecule has 0 spiro atoms. The minimum atomic E-state index is -0.459. The lowest BCUT2D eigenvalue weighted by molar-refractivity contribution is 0.0102. The zero-order valence-corrected chi connectivity index (χ0v) is 16.5. The maximum Gasteiger partial charge on any atom is 0.410 e. The maximum atomic E-state index is 12.2. The van der Waals surface area contributed by atoms with E-state index in [0.29, 0.717) is 13.1 Å². The molecule has 1 unspecified atom stereocenters. The molecule has 0 aliphatic carbocycles. The molecular weight excluding hydrogens is 338 g/mol. The number of halogens is 1. The highest BCUT2D eigenvalue weighted by molar-refractivity contribution is 6.31. The molecule has 1 fully saturated rings. The molecule has 0 aromatic heterocycles. The molecular formula is C19H30ClN3O2. The van der Waals surface area contributed by atoms with Crippen molar-refractivity contribution in [3.8, 4) is 0 Å². The summed E-state index contributed by atoms with van der Waals surface area (Å²) in [5.41, 5.74) is 0.676. The van der Waals surface area contributed by atoms with Crippen LogP contribution in [0, 0.1) is 0 Å². The van der Waals surface area contributed by atoms with Crippen molar-refractivity contribution in [2.75, 3.05) is 39.3 Å². The fourth-order valence-electron chi connectivity index (χ4n) is 3.00. The molecule has 0 bridgehead atoms. The SMILES string of the molecule is CCNCC(c1ccccc1Cl)N1CCN(C(=O)OC(C)(C)C)CC1. The van der Waals surface area contributed by atoms with Gasteiger partial charge in [0, 0.05) is 43.8 Å². The van der Waals surface area contributed by atoms with E-state index in [-0.39, 0.29) is 12.1 Å². The van der Waals surface area contributed by atoms with E-state index >= 15 is 0 Å². The van der Waals surface area contributed by atoms with Crippen LogP contribution in [0.5, 0.6) is 0 Å². The molecule has 6 heteroatoms. The number of hydrogen-bond acceptors (Lipinski definition) is 4. The minimum absolute atomic E-state index is 0.203. The molecule has 0 saturated carbocycles. The molecule has 2 rings (SSSR count). The first-order chi connectivity index (χ1) is 11.8. The Morgan fingerprint density at radius 2 is 1.88 bits per heavy atom. The highest BCUT2D eigenvalue weighted by atomic mass is 35.5. The Balaban J connectivity index is 2.02. The first kappa shape index (κ1) is 20.0. The van der Waals surface area contributed by atoms with Crippen LogP contribution in [0.1, 0.15) is 39.3 Å². The third kappa shape index (κ3) is 5.87. The summed E-state index contributed by atoms with van der Waals surface area (Å²) in [5, 5.41) is 4.22. The van der Waals surface area contributed by atoms with E-state index in [4.69, 9.17) is 16.3 Å². The quantitative estimate of drug-likeness (QED) is 0.864. The van der Waals surface area contributed by atoms with Crippen molar-refractivity contribution in [3.63, 3.8) is 0 Å². The van der Waals surface area contributed by atoms with E-state index in [1.807, 2.05) is 39.0 Å². The van der Waals surface area contributed by atoms with Gasteiger partial charge in [-0.15, -0.1) is 0 Å². The summed E-state index contributed by atoms with van der Waals surface area (Å²) in [6, 6.07) is 8.21. The van der Waals surface area contributed by atoms with Gasteiger partial charge >= 0.3 is 6.09 Å². The topological polar surface area (TPSA) is 44.8 Å². The lowest BCUT2D eigenvalue weighted by Crippen LogP contribution is -2.52. The molecule has 1 aromatic rings. The minimum Gasteiger partial charge on any atom is -0.444 e. The average molecular weight is 368 g/mol. The molecule has 1 aliphatic rings. The van der Waals surface area contributed by atoms with E-state index in [1.54, 1.807) is 4.90 Å². The van der Waals surface area contributed by atoms with Gasteiger partial charge in [0.25, 0.3) is 0 Å². The van der Waals surface area contributed by atoms with Gasteiger partial charge in [0.2, 0.25) is 0 Å². The van der Waals surface area contributed by atoms with Crippen LogP contribution >= 0.6 is 11.6 Å². The van der Waals surface area contributed by atoms with Crippen molar-refractivity contribution in [1.82, 2.24) is 15.1 Å². The summed E-state index contributed by atoms with van der Waals surface area (Å²) in [7, 11) is 0. The number of nitrogens with zero attached hydrogens (tertiary/aromatic N) is 2. The average Bonchev–Trinajstić information content (AvgIpc) is 2.55. The zero-order valence-electron chi connectivity index (χ0n) is 15.7. The second kappa shape index (κ2) is 8.88. The molecule has 1 N–H and O–H groups in total. The van der Waals surface area contributed by atoms with Crippen LogP contribution in [-0.4, -0.2) is 60.8 Å². The lowest BCUT2D eigenvalue weighted by Gasteiger charge is -2.40. The van der Waals surface area contributed by atoms with Crippen LogP contribution in [-0.2, 0) is 4.74 Å². The molecule has 140 valence electrons. The fourth-order valence-corrected chi connectivity index (χ4v) is 3.27. The van der Waals surface area contributed by atoms with E-state index in [9.17, 15) is 4.79 Å². The smallest absolute Gasteiger partial charge is 0.410 e. The highest BCUT2D eigenvalue weighted by Crippen LogP contribution is 2.28. The van der Waals surface area contributed by atoms with E-state index in [0.717, 1.165) is 36.8 Å². The van der Waals surface area contributed by atoms with Crippen molar-refractivity contribution in [3.05, 3.63) is 34.9 Å². The summed E-state index contributed by atoms with van der Waals surface area (Å²) < 4.78 is 5.48. The summed E-state index contributed by atoms with van der Waals surface area (Å²) in [6.45, 7) is 12.5. The van der Waals surface area contributed by atoms with Crippen molar-refractivity contribution in [2.45, 2.75) is 39.3 Å². The molecule has 1 heterocycles. The highest BCUT2D eigenvalue weighted by Gasteiger charge is 2.30. The Kier molecular flexibility index (Phi) is 7.11. The predicted molar refractivity (Wildman–Crippen MR) is 102 cm³/mol. The van der Waals surface area contributed by atoms with Crippen molar-refractivity contribution < 1.29 is 9.53 Å². The van der Waals surface area contributed by atoms with Gasteiger partial charge in [-0.05, 0) is 38.9 Å². The molecule has 1 saturated heterocycles. The number of rotatable bonds is 5. The summed E-state index contributed by atoms with van der Waals surface area (Å²) in [5.74, 6) is 0. The van der Waals surface area contributed by atoms with Gasteiger partial charge in [-0.25, -0.2) is 4.79 Å². The standard InChI is InChI=1S/C19H30ClN3O2/c1-5-21-14-17(15-8-6-7-9-16(15)20)22-10-12-23(13-11-22)18(24)25-19(2,3)4/h6-9,17,21H,5,10-14H2,1-4H3. The largest absolute Gasteiger partial charge is 0.444 e. The summed E-state index contributed by atoms with van der Waals surface area (Å²) in [4.78, 5) is 16.4. The number of nitrogens with one attached hydrogen (secondary N) is 1. The lowest BCUT2D eigenvalue weighted by atomic mass is 10.0. The Morgan fingerprint density at radius 1 is 1.24 bits per heavy atom. The number of ether oxygens (including phenoxy) is 1. The molecule has 5 nitrogen and oxygen atoms in total. The van der Waals surface area contributed by atoms with Gasteiger partial charge in [-0.2, -0.15) is 0 Å². The van der Waals surface area contributed by atoms with Crippen LogP contribution in [0.2, 0.25) is 5.02 Å². The van der Waals surface area contributed by atoms with Gasteiger partial charge in [-0.1, -0.05) is 36.7 Å². The van der Waals surface area contributed by atoms with Crippen LogP contribution < -0.4 is 5.32 Å². The number of hydrogen-bond donors (Lipinski definition) is 1. The zero-order chi connectivity index (χ0) is 18.4. The van der Waals surface area contributed by atoms with Crippen LogP contribution in [0.15, 0.2) is 24.3 Å². The molecule has 1 aliphatic heterocycles. The molecule has 1 amide bonds. The normalized spacial score (nSPS) is 17.4. The van der Waals surface area contributed by atoms with Crippen molar-refractivity contribution in [1.29, 1.82) is 0 Å². The van der Waals surface area contributed by atoms with E-state index in [1.165, 1.54) is 0 Å². The number of carbonyl (C=O) groups excluding carboxylic acids is 1. The number of benzene rings is 1. The Labute approximate surface area is 156 Å². The number of carbonyl (C=O) groups is 1. The Morgan fingerprint density at radius 3 is 2.44 bits per heavy atom.